The van der Waals surface area contributed by atoms with Gasteiger partial charge in [0.1, 0.15) is 0 Å². The summed E-state index contributed by atoms with van der Waals surface area (Å²) in [5.74, 6) is 0. The number of aliphatic imine (C=N–C) groups is 1. The molecule has 0 saturated carbocycles. The molecule has 1 aliphatic rings. The predicted molar refractivity (Wildman–Crippen MR) is 20.1 cm³/mol. The largest absolute Gasteiger partial charge is 0.477 e. The number of aliphatic hydroxyl groups excluding tert-OH is 1. The molecule has 0 amide bonds. The van der Waals surface area contributed by atoms with Crippen LogP contribution in [-0.4, -0.2) is 20.8 Å². The molecule has 0 unspecified atom stereocenters. The minimum Gasteiger partial charge on any atom is -0.477 e. The average Bonchev–Trinajstić information content (AvgIpc) is 2.33. The van der Waals surface area contributed by atoms with Gasteiger partial charge in [0.05, 0.1) is 0 Å². The summed E-state index contributed by atoms with van der Waals surface area (Å²) in [6.07, 6.45) is 0. The Morgan fingerprint density at radius 3 is 2.86 bits per heavy atom. The van der Waals surface area contributed by atoms with Crippen LogP contribution < -0.4 is 0 Å². The Hall–Kier alpha value is -1.13. The smallest absolute Gasteiger partial charge is 0.348 e. The van der Waals surface area contributed by atoms with Crippen LogP contribution in [0.3, 0.4) is 0 Å². The van der Waals surface area contributed by atoms with E-state index in [9.17, 15) is 0 Å². The first-order chi connectivity index (χ1) is 3.38. The van der Waals surface area contributed by atoms with Gasteiger partial charge in [-0.2, -0.15) is 0 Å². The second-order valence-electron chi connectivity index (χ2n) is 1.31. The Morgan fingerprint density at radius 1 is 1.86 bits per heavy atom. The standard InChI is InChI=1S/C2H3N3O2/c6-2-3-1-4-5(2)7-4/h1H2,(H,3,6). The van der Waals surface area contributed by atoms with Gasteiger partial charge in [-0.1, -0.05) is 4.85 Å². The van der Waals surface area contributed by atoms with Crippen LogP contribution in [0.4, 0.5) is 0 Å². The second kappa shape index (κ2) is 0.617. The molecule has 0 spiro atoms. The summed E-state index contributed by atoms with van der Waals surface area (Å²) in [6, 6.07) is -0.0556. The summed E-state index contributed by atoms with van der Waals surface area (Å²) in [4.78, 5) is 6.20. The molecule has 1 N–H and O–H groups in total. The molecule has 0 bridgehead atoms. The Kier molecular flexibility index (Phi) is 0.260. The number of fused-ring (bicyclic) bond motifs is 1. The van der Waals surface area contributed by atoms with Crippen LogP contribution in [0.15, 0.2) is 9.62 Å². The van der Waals surface area contributed by atoms with E-state index in [0.717, 1.165) is 0 Å². The zero-order valence-electron chi connectivity index (χ0n) is 3.40. The highest BCUT2D eigenvalue weighted by Gasteiger charge is 2.21. The van der Waals surface area contributed by atoms with Gasteiger partial charge in [-0.25, -0.2) is 9.62 Å². The van der Waals surface area contributed by atoms with E-state index in [-0.39, 0.29) is 6.02 Å². The van der Waals surface area contributed by atoms with Crippen molar-refractivity contribution in [3.05, 3.63) is 0 Å². The highest BCUT2D eigenvalue weighted by atomic mass is 16.8. The number of aliphatic hydroxyl groups is 1. The highest BCUT2D eigenvalue weighted by molar-refractivity contribution is 5.72. The number of hydrogen-bond acceptors (Lipinski definition) is 2. The lowest BCUT2D eigenvalue weighted by molar-refractivity contribution is 0.391. The maximum atomic E-state index is 8.55. The van der Waals surface area contributed by atoms with Gasteiger partial charge in [-0.05, 0) is 0 Å². The van der Waals surface area contributed by atoms with Crippen molar-refractivity contribution in [2.75, 3.05) is 0 Å². The lowest BCUT2D eigenvalue weighted by Gasteiger charge is -1.74. The minimum atomic E-state index is -0.0556. The number of rotatable bonds is 0. The van der Waals surface area contributed by atoms with Crippen LogP contribution in [0.1, 0.15) is 0 Å². The number of nitrogens with zero attached hydrogens (tertiary/aromatic N) is 3. The van der Waals surface area contributed by atoms with Crippen LogP contribution >= 0.6 is 0 Å². The first kappa shape index (κ1) is 2.95. The normalized spacial score (nSPS) is 17.4. The zero-order valence-corrected chi connectivity index (χ0v) is 3.40. The summed E-state index contributed by atoms with van der Waals surface area (Å²) in [5.41, 5.74) is 0. The van der Waals surface area contributed by atoms with Crippen LogP contribution in [-0.2, 0) is 6.67 Å². The van der Waals surface area contributed by atoms with Crippen LogP contribution in [0.2, 0.25) is 0 Å². The molecule has 0 aromatic carbocycles. The Labute approximate surface area is 38.3 Å². The van der Waals surface area contributed by atoms with Crippen LogP contribution in [0, 0.1) is 0 Å². The van der Waals surface area contributed by atoms with Crippen molar-refractivity contribution in [3.8, 4) is 0 Å². The van der Waals surface area contributed by atoms with E-state index in [0.29, 0.717) is 6.67 Å². The monoisotopic (exact) mass is 101 g/mol. The van der Waals surface area contributed by atoms with Crippen LogP contribution in [0.5, 0.6) is 0 Å². The predicted octanol–water partition coefficient (Wildman–Crippen LogP) is -0.384. The van der Waals surface area contributed by atoms with Gasteiger partial charge in [-0.15, -0.1) is 0 Å². The zero-order chi connectivity index (χ0) is 4.85. The van der Waals surface area contributed by atoms with Crippen LogP contribution in [0.25, 0.3) is 0 Å². The molecule has 0 aliphatic carbocycles. The molecule has 38 valence electrons. The average molecular weight is 101 g/mol. The maximum absolute atomic E-state index is 8.55. The van der Waals surface area contributed by atoms with Gasteiger partial charge in [0, 0.05) is 4.85 Å². The molecule has 0 radical (unpaired) electrons. The van der Waals surface area contributed by atoms with Crippen molar-refractivity contribution in [3.63, 3.8) is 0 Å². The quantitative estimate of drug-likeness (QED) is 0.484. The third-order valence-corrected chi connectivity index (χ3v) is 0.854. The molecule has 0 saturated heterocycles. The van der Waals surface area contributed by atoms with Crippen molar-refractivity contribution >= 4 is 6.02 Å². The van der Waals surface area contributed by atoms with Gasteiger partial charge >= 0.3 is 6.02 Å². The Morgan fingerprint density at radius 2 is 2.71 bits per heavy atom. The van der Waals surface area contributed by atoms with E-state index in [4.69, 9.17) is 5.11 Å². The van der Waals surface area contributed by atoms with E-state index >= 15 is 0 Å². The lowest BCUT2D eigenvalue weighted by Crippen LogP contribution is -1.97. The summed E-state index contributed by atoms with van der Waals surface area (Å²) in [5, 5.41) is 8.55. The molecular weight excluding hydrogens is 98.0 g/mol. The van der Waals surface area contributed by atoms with E-state index in [1.54, 1.807) is 0 Å². The van der Waals surface area contributed by atoms with Gasteiger partial charge in [0.15, 0.2) is 6.67 Å². The van der Waals surface area contributed by atoms with E-state index in [2.05, 4.69) is 9.62 Å². The fourth-order valence-electron chi connectivity index (χ4n) is 0.477. The second-order valence-corrected chi connectivity index (χ2v) is 1.31. The van der Waals surface area contributed by atoms with Gasteiger partial charge in [-0.3, -0.25) is 0 Å². The van der Waals surface area contributed by atoms with Gasteiger partial charge in [0.25, 0.3) is 0 Å². The topological polar surface area (TPSA) is 55.6 Å². The van der Waals surface area contributed by atoms with Crippen molar-refractivity contribution in [2.45, 2.75) is 6.67 Å². The SMILES string of the molecule is OC1=NCn2on21. The van der Waals surface area contributed by atoms with Gasteiger partial charge in [0.2, 0.25) is 0 Å². The fourth-order valence-corrected chi connectivity index (χ4v) is 0.477. The molecule has 0 atom stereocenters. The van der Waals surface area contributed by atoms with Gasteiger partial charge < -0.3 is 5.11 Å². The summed E-state index contributed by atoms with van der Waals surface area (Å²) in [7, 11) is 0. The van der Waals surface area contributed by atoms with Crippen molar-refractivity contribution < 1.29 is 9.74 Å². The molecule has 1 aromatic heterocycles. The highest BCUT2D eigenvalue weighted by Crippen LogP contribution is 2.04. The molecule has 7 heavy (non-hydrogen) atoms. The molecule has 5 heteroatoms. The van der Waals surface area contributed by atoms with Crippen molar-refractivity contribution in [1.82, 2.24) is 9.71 Å². The van der Waals surface area contributed by atoms with E-state index in [1.165, 1.54) is 9.71 Å². The minimum absolute atomic E-state index is 0.0556. The number of hydrogen-bond donors (Lipinski definition) is 1. The summed E-state index contributed by atoms with van der Waals surface area (Å²) >= 11 is 0. The molecule has 1 aliphatic heterocycles. The fraction of sp³-hybridized carbons (Fsp3) is 0.500. The molecule has 5 nitrogen and oxygen atoms in total. The number of aromatic nitrogens is 2. The van der Waals surface area contributed by atoms with Crippen molar-refractivity contribution in [2.24, 2.45) is 4.99 Å². The summed E-state index contributed by atoms with van der Waals surface area (Å²) in [6.45, 7) is 0.422. The molecule has 0 fully saturated rings. The maximum Gasteiger partial charge on any atom is 0.348 e. The molecule has 2 rings (SSSR count). The first-order valence-electron chi connectivity index (χ1n) is 1.87. The Balaban J connectivity index is 2.51. The third-order valence-electron chi connectivity index (χ3n) is 0.854. The first-order valence-corrected chi connectivity index (χ1v) is 1.87. The Bertz CT molecular complexity index is 202. The molecular formula is C2H3N3O2. The summed E-state index contributed by atoms with van der Waals surface area (Å²) < 4.78 is 4.55. The molecule has 1 aromatic rings. The molecule has 2 heterocycles. The van der Waals surface area contributed by atoms with E-state index in [1.807, 2.05) is 0 Å². The lowest BCUT2D eigenvalue weighted by atomic mass is 11.1. The van der Waals surface area contributed by atoms with E-state index < -0.39 is 0 Å². The van der Waals surface area contributed by atoms with Crippen molar-refractivity contribution in [1.29, 1.82) is 0 Å². The third kappa shape index (κ3) is 0.209.